The van der Waals surface area contributed by atoms with Gasteiger partial charge in [0.2, 0.25) is 0 Å². The number of anilines is 2. The van der Waals surface area contributed by atoms with Gasteiger partial charge in [-0.3, -0.25) is 4.72 Å². The summed E-state index contributed by atoms with van der Waals surface area (Å²) < 4.78 is 27.4. The molecule has 2 aromatic rings. The van der Waals surface area contributed by atoms with Crippen LogP contribution >= 0.6 is 0 Å². The van der Waals surface area contributed by atoms with E-state index in [1.54, 1.807) is 18.2 Å². The molecule has 0 spiro atoms. The molecule has 112 valence electrons. The predicted molar refractivity (Wildman–Crippen MR) is 86.9 cm³/mol. The van der Waals surface area contributed by atoms with Gasteiger partial charge < -0.3 is 5.73 Å². The zero-order valence-electron chi connectivity index (χ0n) is 12.4. The van der Waals surface area contributed by atoms with Crippen molar-refractivity contribution >= 4 is 21.4 Å². The van der Waals surface area contributed by atoms with Crippen LogP contribution in [0.2, 0.25) is 0 Å². The fourth-order valence-corrected chi connectivity index (χ4v) is 3.29. The molecule has 0 bridgehead atoms. The van der Waals surface area contributed by atoms with Crippen LogP contribution in [0.3, 0.4) is 0 Å². The molecule has 0 aliphatic heterocycles. The lowest BCUT2D eigenvalue weighted by Gasteiger charge is -2.12. The number of hydrogen-bond acceptors (Lipinski definition) is 3. The second-order valence-corrected chi connectivity index (χ2v) is 7.15. The summed E-state index contributed by atoms with van der Waals surface area (Å²) in [6.07, 6.45) is 0. The van der Waals surface area contributed by atoms with Crippen LogP contribution in [-0.2, 0) is 10.0 Å². The highest BCUT2D eigenvalue weighted by Crippen LogP contribution is 2.22. The molecule has 3 N–H and O–H groups in total. The molecule has 0 aromatic heterocycles. The van der Waals surface area contributed by atoms with Gasteiger partial charge in [0.1, 0.15) is 0 Å². The van der Waals surface area contributed by atoms with E-state index in [-0.39, 0.29) is 4.90 Å². The second-order valence-electron chi connectivity index (χ2n) is 5.47. The van der Waals surface area contributed by atoms with E-state index in [9.17, 15) is 8.42 Å². The van der Waals surface area contributed by atoms with Crippen molar-refractivity contribution in [2.24, 2.45) is 0 Å². The minimum absolute atomic E-state index is 0.176. The van der Waals surface area contributed by atoms with Gasteiger partial charge in [-0.15, -0.1) is 0 Å². The van der Waals surface area contributed by atoms with E-state index in [1.807, 2.05) is 25.1 Å². The van der Waals surface area contributed by atoms with Crippen LogP contribution < -0.4 is 10.5 Å². The van der Waals surface area contributed by atoms with Gasteiger partial charge in [0.15, 0.2) is 0 Å². The van der Waals surface area contributed by atoms with Gasteiger partial charge in [0.25, 0.3) is 10.0 Å². The summed E-state index contributed by atoms with van der Waals surface area (Å²) in [7, 11) is -3.63. The molecule has 0 amide bonds. The summed E-state index contributed by atoms with van der Waals surface area (Å²) in [4.78, 5) is 0.176. The Morgan fingerprint density at radius 1 is 1.10 bits per heavy atom. The highest BCUT2D eigenvalue weighted by molar-refractivity contribution is 7.92. The van der Waals surface area contributed by atoms with Crippen LogP contribution in [0.1, 0.15) is 30.9 Å². The van der Waals surface area contributed by atoms with Gasteiger partial charge in [-0.05, 0) is 54.3 Å². The first-order chi connectivity index (χ1) is 9.78. The third kappa shape index (κ3) is 3.76. The summed E-state index contributed by atoms with van der Waals surface area (Å²) in [5.74, 6) is 0.337. The monoisotopic (exact) mass is 304 g/mol. The number of nitrogens with one attached hydrogen (secondary N) is 1. The van der Waals surface area contributed by atoms with E-state index in [0.29, 0.717) is 17.3 Å². The Kier molecular flexibility index (Phi) is 4.23. The van der Waals surface area contributed by atoms with E-state index in [1.165, 1.54) is 6.07 Å². The number of hydrogen-bond donors (Lipinski definition) is 2. The van der Waals surface area contributed by atoms with Crippen LogP contribution in [0.25, 0.3) is 0 Å². The average molecular weight is 304 g/mol. The van der Waals surface area contributed by atoms with E-state index >= 15 is 0 Å². The Labute approximate surface area is 126 Å². The molecular formula is C16H20N2O2S. The van der Waals surface area contributed by atoms with Gasteiger partial charge in [-0.25, -0.2) is 8.42 Å². The van der Waals surface area contributed by atoms with Crippen molar-refractivity contribution in [3.8, 4) is 0 Å². The fraction of sp³-hybridized carbons (Fsp3) is 0.250. The second kappa shape index (κ2) is 5.77. The summed E-state index contributed by atoms with van der Waals surface area (Å²) in [6.45, 7) is 5.94. The quantitative estimate of drug-likeness (QED) is 0.849. The Morgan fingerprint density at radius 2 is 1.81 bits per heavy atom. The van der Waals surface area contributed by atoms with Crippen molar-refractivity contribution < 1.29 is 8.42 Å². The van der Waals surface area contributed by atoms with Crippen LogP contribution in [0, 0.1) is 6.92 Å². The molecule has 0 saturated heterocycles. The predicted octanol–water partition coefficient (Wildman–Crippen LogP) is 3.50. The van der Waals surface area contributed by atoms with Crippen molar-refractivity contribution in [1.82, 2.24) is 0 Å². The van der Waals surface area contributed by atoms with E-state index < -0.39 is 10.0 Å². The standard InChI is InChI=1S/C16H20N2O2S/c1-11(2)13-5-4-6-15(9-13)18-21(19,20)16-8-12(3)7-14(17)10-16/h4-11,18H,17H2,1-3H3. The van der Waals surface area contributed by atoms with E-state index in [0.717, 1.165) is 11.1 Å². The maximum Gasteiger partial charge on any atom is 0.261 e. The van der Waals surface area contributed by atoms with Crippen molar-refractivity contribution in [1.29, 1.82) is 0 Å². The molecule has 0 unspecified atom stereocenters. The highest BCUT2D eigenvalue weighted by atomic mass is 32.2. The van der Waals surface area contributed by atoms with E-state index in [2.05, 4.69) is 18.6 Å². The normalized spacial score (nSPS) is 11.6. The number of aryl methyl sites for hydroxylation is 1. The Morgan fingerprint density at radius 3 is 2.43 bits per heavy atom. The molecule has 4 nitrogen and oxygen atoms in total. The molecular weight excluding hydrogens is 284 g/mol. The molecule has 0 aliphatic carbocycles. The van der Waals surface area contributed by atoms with Gasteiger partial charge in [-0.1, -0.05) is 26.0 Å². The molecule has 0 aliphatic rings. The summed E-state index contributed by atoms with van der Waals surface area (Å²) in [5, 5.41) is 0. The summed E-state index contributed by atoms with van der Waals surface area (Å²) >= 11 is 0. The third-order valence-electron chi connectivity index (χ3n) is 3.19. The van der Waals surface area contributed by atoms with Gasteiger partial charge in [0.05, 0.1) is 4.90 Å². The van der Waals surface area contributed by atoms with Crippen LogP contribution in [-0.4, -0.2) is 8.42 Å². The first-order valence-electron chi connectivity index (χ1n) is 6.78. The Balaban J connectivity index is 2.35. The minimum atomic E-state index is -3.63. The first-order valence-corrected chi connectivity index (χ1v) is 8.26. The van der Waals surface area contributed by atoms with Gasteiger partial charge in [0, 0.05) is 11.4 Å². The largest absolute Gasteiger partial charge is 0.399 e. The lowest BCUT2D eigenvalue weighted by atomic mass is 10.0. The molecule has 5 heteroatoms. The van der Waals surface area contributed by atoms with Crippen molar-refractivity contribution in [3.63, 3.8) is 0 Å². The molecule has 2 aromatic carbocycles. The third-order valence-corrected chi connectivity index (χ3v) is 4.55. The average Bonchev–Trinajstić information content (AvgIpc) is 2.37. The lowest BCUT2D eigenvalue weighted by Crippen LogP contribution is -2.13. The summed E-state index contributed by atoms with van der Waals surface area (Å²) in [6, 6.07) is 12.2. The van der Waals surface area contributed by atoms with Crippen molar-refractivity contribution in [2.45, 2.75) is 31.6 Å². The number of benzene rings is 2. The molecule has 0 radical (unpaired) electrons. The number of nitrogens with two attached hydrogens (primary N) is 1. The first kappa shape index (κ1) is 15.4. The SMILES string of the molecule is Cc1cc(N)cc(S(=O)(=O)Nc2cccc(C(C)C)c2)c1. The molecule has 21 heavy (non-hydrogen) atoms. The Hall–Kier alpha value is -2.01. The maximum absolute atomic E-state index is 12.4. The summed E-state index contributed by atoms with van der Waals surface area (Å²) in [5.41, 5.74) is 8.61. The molecule has 2 rings (SSSR count). The molecule has 0 saturated carbocycles. The smallest absolute Gasteiger partial charge is 0.261 e. The van der Waals surface area contributed by atoms with Gasteiger partial charge >= 0.3 is 0 Å². The fourth-order valence-electron chi connectivity index (χ4n) is 2.11. The molecule has 0 heterocycles. The number of rotatable bonds is 4. The maximum atomic E-state index is 12.4. The van der Waals surface area contributed by atoms with Crippen LogP contribution in [0.5, 0.6) is 0 Å². The number of nitrogen functional groups attached to an aromatic ring is 1. The zero-order valence-corrected chi connectivity index (χ0v) is 13.2. The molecule has 0 atom stereocenters. The Bertz CT molecular complexity index is 732. The van der Waals surface area contributed by atoms with Gasteiger partial charge in [-0.2, -0.15) is 0 Å². The number of sulfonamides is 1. The topological polar surface area (TPSA) is 72.2 Å². The minimum Gasteiger partial charge on any atom is -0.399 e. The van der Waals surface area contributed by atoms with E-state index in [4.69, 9.17) is 5.73 Å². The van der Waals surface area contributed by atoms with Crippen molar-refractivity contribution in [3.05, 3.63) is 53.6 Å². The lowest BCUT2D eigenvalue weighted by molar-refractivity contribution is 0.601. The molecule has 0 fully saturated rings. The van der Waals surface area contributed by atoms with Crippen LogP contribution in [0.15, 0.2) is 47.4 Å². The van der Waals surface area contributed by atoms with Crippen molar-refractivity contribution in [2.75, 3.05) is 10.5 Å². The zero-order chi connectivity index (χ0) is 15.6. The highest BCUT2D eigenvalue weighted by Gasteiger charge is 2.15. The van der Waals surface area contributed by atoms with Crippen LogP contribution in [0.4, 0.5) is 11.4 Å².